The molecule has 0 unspecified atom stereocenters. The maximum atomic E-state index is 13.0. The number of methoxy groups -OCH3 is 1. The highest BCUT2D eigenvalue weighted by molar-refractivity contribution is 6.09. The van der Waals surface area contributed by atoms with Crippen molar-refractivity contribution in [3.63, 3.8) is 0 Å². The number of likely N-dealkylation sites (tertiary alicyclic amines) is 1. The average molecular weight is 367 g/mol. The minimum atomic E-state index is -0.366. The number of hydrogen-bond acceptors (Lipinski definition) is 5. The number of nitrogens with zero attached hydrogens (tertiary/aromatic N) is 1. The molecular formula is C22H25NO4. The lowest BCUT2D eigenvalue weighted by atomic mass is 9.97. The van der Waals surface area contributed by atoms with Gasteiger partial charge in [-0.15, -0.1) is 0 Å². The number of ketones is 1. The summed E-state index contributed by atoms with van der Waals surface area (Å²) in [5.74, 6) is 0.428. The molecule has 4 rings (SSSR count). The zero-order chi connectivity index (χ0) is 18.7. The maximum Gasteiger partial charge on any atom is 0.193 e. The Hall–Kier alpha value is -2.21. The predicted octanol–water partition coefficient (Wildman–Crippen LogP) is 3.27. The number of rotatable bonds is 5. The molecular weight excluding hydrogens is 342 g/mol. The Kier molecular flexibility index (Phi) is 5.25. The number of piperidine rings is 1. The number of carbonyl (C=O) groups excluding carboxylic acids is 1. The van der Waals surface area contributed by atoms with Gasteiger partial charge in [-0.25, -0.2) is 0 Å². The fourth-order valence-electron chi connectivity index (χ4n) is 3.86. The molecule has 1 spiro atoms. The van der Waals surface area contributed by atoms with Crippen LogP contribution >= 0.6 is 0 Å². The molecule has 0 amide bonds. The van der Waals surface area contributed by atoms with E-state index in [1.165, 1.54) is 0 Å². The second-order valence-corrected chi connectivity index (χ2v) is 7.10. The van der Waals surface area contributed by atoms with Crippen molar-refractivity contribution in [2.24, 2.45) is 0 Å². The highest BCUT2D eigenvalue weighted by Gasteiger charge is 2.39. The summed E-state index contributed by atoms with van der Waals surface area (Å²) in [4.78, 5) is 15.4. The molecule has 0 radical (unpaired) electrons. The molecule has 5 nitrogen and oxygen atoms in total. The van der Waals surface area contributed by atoms with Gasteiger partial charge in [-0.05, 0) is 29.8 Å². The zero-order valence-electron chi connectivity index (χ0n) is 15.6. The zero-order valence-corrected chi connectivity index (χ0v) is 15.6. The molecule has 2 aromatic carbocycles. The lowest BCUT2D eigenvalue weighted by molar-refractivity contribution is -0.185. The highest BCUT2D eigenvalue weighted by Crippen LogP contribution is 2.32. The van der Waals surface area contributed by atoms with Gasteiger partial charge in [0.15, 0.2) is 11.6 Å². The van der Waals surface area contributed by atoms with Crippen molar-refractivity contribution in [1.29, 1.82) is 0 Å². The van der Waals surface area contributed by atoms with E-state index in [0.29, 0.717) is 18.8 Å². The molecule has 0 N–H and O–H groups in total. The molecule has 2 fully saturated rings. The van der Waals surface area contributed by atoms with Crippen molar-refractivity contribution in [3.05, 3.63) is 65.2 Å². The van der Waals surface area contributed by atoms with Gasteiger partial charge in [-0.2, -0.15) is 0 Å². The first-order valence-electron chi connectivity index (χ1n) is 9.46. The molecule has 5 heteroatoms. The minimum Gasteiger partial charge on any atom is -0.497 e. The molecule has 2 saturated heterocycles. The topological polar surface area (TPSA) is 48.0 Å². The van der Waals surface area contributed by atoms with Crippen molar-refractivity contribution in [2.45, 2.75) is 25.2 Å². The van der Waals surface area contributed by atoms with Gasteiger partial charge in [-0.3, -0.25) is 9.69 Å². The minimum absolute atomic E-state index is 0.0455. The van der Waals surface area contributed by atoms with Crippen LogP contribution in [0.15, 0.2) is 48.5 Å². The summed E-state index contributed by atoms with van der Waals surface area (Å²) in [5.41, 5.74) is 2.49. The number of ether oxygens (including phenoxy) is 3. The first kappa shape index (κ1) is 18.2. The van der Waals surface area contributed by atoms with E-state index in [2.05, 4.69) is 4.90 Å². The number of carbonyl (C=O) groups is 1. The predicted molar refractivity (Wildman–Crippen MR) is 102 cm³/mol. The largest absolute Gasteiger partial charge is 0.497 e. The van der Waals surface area contributed by atoms with Crippen LogP contribution in [0.25, 0.3) is 0 Å². The van der Waals surface area contributed by atoms with Crippen molar-refractivity contribution in [3.8, 4) is 5.75 Å². The van der Waals surface area contributed by atoms with Crippen LogP contribution in [0.4, 0.5) is 0 Å². The SMILES string of the molecule is COc1ccc(C(=O)c2ccccc2CN2CCC3(CC2)OCCO3)cc1. The molecule has 0 aromatic heterocycles. The van der Waals surface area contributed by atoms with Crippen LogP contribution in [0.1, 0.15) is 34.3 Å². The summed E-state index contributed by atoms with van der Waals surface area (Å²) in [6, 6.07) is 15.2. The Morgan fingerprint density at radius 3 is 2.37 bits per heavy atom. The quantitative estimate of drug-likeness (QED) is 0.759. The Morgan fingerprint density at radius 2 is 1.70 bits per heavy atom. The Labute approximate surface area is 159 Å². The smallest absolute Gasteiger partial charge is 0.193 e. The average Bonchev–Trinajstić information content (AvgIpc) is 3.18. The summed E-state index contributed by atoms with van der Waals surface area (Å²) in [5, 5.41) is 0. The number of benzene rings is 2. The lowest BCUT2D eigenvalue weighted by Gasteiger charge is -2.37. The van der Waals surface area contributed by atoms with Gasteiger partial charge in [0.2, 0.25) is 0 Å². The third kappa shape index (κ3) is 3.90. The van der Waals surface area contributed by atoms with Crippen molar-refractivity contribution in [1.82, 2.24) is 4.90 Å². The molecule has 142 valence electrons. The van der Waals surface area contributed by atoms with Gasteiger partial charge in [0.05, 0.1) is 20.3 Å². The van der Waals surface area contributed by atoms with Gasteiger partial charge in [0, 0.05) is 43.6 Å². The van der Waals surface area contributed by atoms with E-state index >= 15 is 0 Å². The third-order valence-corrected chi connectivity index (χ3v) is 5.44. The molecule has 2 aromatic rings. The third-order valence-electron chi connectivity index (χ3n) is 5.44. The molecule has 0 atom stereocenters. The van der Waals surface area contributed by atoms with E-state index in [9.17, 15) is 4.79 Å². The van der Waals surface area contributed by atoms with Crippen LogP contribution in [0.2, 0.25) is 0 Å². The van der Waals surface area contributed by atoms with Gasteiger partial charge < -0.3 is 14.2 Å². The summed E-state index contributed by atoms with van der Waals surface area (Å²) >= 11 is 0. The lowest BCUT2D eigenvalue weighted by Crippen LogP contribution is -2.44. The van der Waals surface area contributed by atoms with E-state index in [1.807, 2.05) is 48.5 Å². The normalized spacial score (nSPS) is 19.3. The summed E-state index contributed by atoms with van der Waals surface area (Å²) in [6.45, 7) is 3.96. The van der Waals surface area contributed by atoms with E-state index in [4.69, 9.17) is 14.2 Å². The van der Waals surface area contributed by atoms with Crippen molar-refractivity contribution >= 4 is 5.78 Å². The van der Waals surface area contributed by atoms with E-state index in [1.54, 1.807) is 7.11 Å². The summed E-state index contributed by atoms with van der Waals surface area (Å²) < 4.78 is 16.8. The maximum absolute atomic E-state index is 13.0. The molecule has 0 saturated carbocycles. The Bertz CT molecular complexity index is 786. The van der Waals surface area contributed by atoms with Crippen molar-refractivity contribution in [2.75, 3.05) is 33.4 Å². The van der Waals surface area contributed by atoms with Crippen LogP contribution in [-0.2, 0) is 16.0 Å². The molecule has 2 aliphatic rings. The highest BCUT2D eigenvalue weighted by atomic mass is 16.7. The van der Waals surface area contributed by atoms with Crippen LogP contribution in [0, 0.1) is 0 Å². The first-order chi connectivity index (χ1) is 13.2. The van der Waals surface area contributed by atoms with E-state index < -0.39 is 0 Å². The van der Waals surface area contributed by atoms with Crippen LogP contribution in [0.5, 0.6) is 5.75 Å². The van der Waals surface area contributed by atoms with Gasteiger partial charge >= 0.3 is 0 Å². The second-order valence-electron chi connectivity index (χ2n) is 7.10. The van der Waals surface area contributed by atoms with Gasteiger partial charge in [0.1, 0.15) is 5.75 Å². The van der Waals surface area contributed by atoms with E-state index in [0.717, 1.165) is 49.4 Å². The second kappa shape index (κ2) is 7.80. The monoisotopic (exact) mass is 367 g/mol. The standard InChI is InChI=1S/C22H25NO4/c1-25-19-8-6-17(7-9-19)21(24)20-5-3-2-4-18(20)16-23-12-10-22(11-13-23)26-14-15-27-22/h2-9H,10-16H2,1H3. The van der Waals surface area contributed by atoms with Crippen molar-refractivity contribution < 1.29 is 19.0 Å². The summed E-state index contributed by atoms with van der Waals surface area (Å²) in [7, 11) is 1.62. The molecule has 27 heavy (non-hydrogen) atoms. The molecule has 0 aliphatic carbocycles. The number of hydrogen-bond donors (Lipinski definition) is 0. The Morgan fingerprint density at radius 1 is 1.04 bits per heavy atom. The first-order valence-corrected chi connectivity index (χ1v) is 9.46. The summed E-state index contributed by atoms with van der Waals surface area (Å²) in [6.07, 6.45) is 1.75. The van der Waals surface area contributed by atoms with Gasteiger partial charge in [-0.1, -0.05) is 24.3 Å². The fraction of sp³-hybridized carbons (Fsp3) is 0.409. The van der Waals surface area contributed by atoms with Crippen LogP contribution < -0.4 is 4.74 Å². The van der Waals surface area contributed by atoms with Gasteiger partial charge in [0.25, 0.3) is 0 Å². The molecule has 2 heterocycles. The van der Waals surface area contributed by atoms with E-state index in [-0.39, 0.29) is 11.6 Å². The van der Waals surface area contributed by atoms with Crippen LogP contribution in [-0.4, -0.2) is 49.9 Å². The fourth-order valence-corrected chi connectivity index (χ4v) is 3.86. The molecule has 2 aliphatic heterocycles. The Balaban J connectivity index is 1.47. The molecule has 0 bridgehead atoms. The van der Waals surface area contributed by atoms with Crippen LogP contribution in [0.3, 0.4) is 0 Å².